The van der Waals surface area contributed by atoms with E-state index in [1.165, 1.54) is 38.4 Å². The molecule has 0 saturated heterocycles. The van der Waals surface area contributed by atoms with Crippen molar-refractivity contribution in [3.05, 3.63) is 59.9 Å². The van der Waals surface area contributed by atoms with Gasteiger partial charge in [-0.1, -0.05) is 24.3 Å². The van der Waals surface area contributed by atoms with E-state index in [4.69, 9.17) is 0 Å². The zero-order chi connectivity index (χ0) is 15.4. The summed E-state index contributed by atoms with van der Waals surface area (Å²) in [7, 11) is 2.94. The maximum Gasteiger partial charge on any atom is 0.417 e. The van der Waals surface area contributed by atoms with Gasteiger partial charge in [-0.3, -0.25) is 0 Å². The van der Waals surface area contributed by atoms with Gasteiger partial charge in [0.1, 0.15) is 5.82 Å². The molecule has 0 unspecified atom stereocenters. The molecule has 5 heteroatoms. The summed E-state index contributed by atoms with van der Waals surface area (Å²) >= 11 is 0. The molecule has 0 aliphatic rings. The van der Waals surface area contributed by atoms with Crippen LogP contribution in [0, 0.1) is 11.9 Å². The van der Waals surface area contributed by atoms with Gasteiger partial charge in [-0.25, -0.2) is 14.0 Å². The molecule has 107 valence electrons. The third kappa shape index (κ3) is 3.45. The summed E-state index contributed by atoms with van der Waals surface area (Å²) in [5.41, 5.74) is 0.896. The van der Waals surface area contributed by atoms with E-state index in [9.17, 15) is 14.0 Å². The molecule has 2 aromatic carbocycles. The predicted molar refractivity (Wildman–Crippen MR) is 75.2 cm³/mol. The molecule has 0 saturated carbocycles. The number of hydrogen-bond acceptors (Lipinski definition) is 3. The standard InChI is InChI=1S/C16H13FNO3/c1-18(2)16(20)21-15(19)12-7-5-6-11(10-12)13-8-3-4-9-14(13)17/h3-5,7-10H,1-2H3. The molecule has 0 fully saturated rings. The highest BCUT2D eigenvalue weighted by molar-refractivity contribution is 5.97. The first-order chi connectivity index (χ1) is 9.99. The monoisotopic (exact) mass is 286 g/mol. The van der Waals surface area contributed by atoms with Gasteiger partial charge in [0.05, 0.1) is 5.56 Å². The molecule has 21 heavy (non-hydrogen) atoms. The zero-order valence-corrected chi connectivity index (χ0v) is 11.6. The van der Waals surface area contributed by atoms with Gasteiger partial charge in [0.2, 0.25) is 0 Å². The molecule has 4 nitrogen and oxygen atoms in total. The number of esters is 1. The van der Waals surface area contributed by atoms with Crippen LogP contribution in [-0.2, 0) is 4.74 Å². The van der Waals surface area contributed by atoms with Crippen LogP contribution in [0.15, 0.2) is 42.5 Å². The molecular weight excluding hydrogens is 273 g/mol. The van der Waals surface area contributed by atoms with Crippen molar-refractivity contribution in [1.29, 1.82) is 0 Å². The molecule has 0 aliphatic heterocycles. The topological polar surface area (TPSA) is 46.6 Å². The predicted octanol–water partition coefficient (Wildman–Crippen LogP) is 3.13. The fraction of sp³-hybridized carbons (Fsp3) is 0.125. The summed E-state index contributed by atoms with van der Waals surface area (Å²) < 4.78 is 18.4. The average molecular weight is 286 g/mol. The summed E-state index contributed by atoms with van der Waals surface area (Å²) in [4.78, 5) is 24.3. The molecular formula is C16H13FNO3. The molecule has 0 spiro atoms. The molecule has 0 atom stereocenters. The summed E-state index contributed by atoms with van der Waals surface area (Å²) in [5, 5.41) is 0. The van der Waals surface area contributed by atoms with Gasteiger partial charge in [0, 0.05) is 19.7 Å². The maximum atomic E-state index is 13.7. The van der Waals surface area contributed by atoms with Crippen molar-refractivity contribution in [3.8, 4) is 11.1 Å². The smallest absolute Gasteiger partial charge is 0.372 e. The molecule has 0 aliphatic carbocycles. The molecule has 1 amide bonds. The molecule has 0 heterocycles. The Hall–Kier alpha value is -2.69. The van der Waals surface area contributed by atoms with E-state index in [2.05, 4.69) is 10.8 Å². The van der Waals surface area contributed by atoms with E-state index in [0.29, 0.717) is 11.1 Å². The van der Waals surface area contributed by atoms with Crippen molar-refractivity contribution in [1.82, 2.24) is 4.90 Å². The fourth-order valence-electron chi connectivity index (χ4n) is 1.66. The average Bonchev–Trinajstić information content (AvgIpc) is 2.47. The van der Waals surface area contributed by atoms with Crippen LogP contribution in [0.3, 0.4) is 0 Å². The molecule has 2 rings (SSSR count). The SMILES string of the molecule is CN(C)C(=O)OC(=O)c1cc[c]c(-c2ccccc2F)c1. The highest BCUT2D eigenvalue weighted by atomic mass is 19.1. The van der Waals surface area contributed by atoms with Crippen LogP contribution in [0.4, 0.5) is 9.18 Å². The third-order valence-electron chi connectivity index (χ3n) is 2.75. The van der Waals surface area contributed by atoms with Crippen molar-refractivity contribution in [2.45, 2.75) is 0 Å². The Balaban J connectivity index is 2.28. The van der Waals surface area contributed by atoms with E-state index in [-0.39, 0.29) is 5.56 Å². The Bertz CT molecular complexity index is 683. The van der Waals surface area contributed by atoms with Crippen LogP contribution in [0.1, 0.15) is 10.4 Å². The van der Waals surface area contributed by atoms with Crippen LogP contribution in [-0.4, -0.2) is 31.1 Å². The lowest BCUT2D eigenvalue weighted by atomic mass is 10.0. The number of halogens is 1. The third-order valence-corrected chi connectivity index (χ3v) is 2.75. The molecule has 0 N–H and O–H groups in total. The van der Waals surface area contributed by atoms with Crippen LogP contribution in [0.5, 0.6) is 0 Å². The molecule has 2 aromatic rings. The Morgan fingerprint density at radius 3 is 2.57 bits per heavy atom. The summed E-state index contributed by atoms with van der Waals surface area (Å²) in [6.45, 7) is 0. The number of nitrogens with zero attached hydrogens (tertiary/aromatic N) is 1. The van der Waals surface area contributed by atoms with Crippen molar-refractivity contribution in [2.24, 2.45) is 0 Å². The lowest BCUT2D eigenvalue weighted by Gasteiger charge is -2.10. The van der Waals surface area contributed by atoms with Gasteiger partial charge in [0.25, 0.3) is 0 Å². The second kappa shape index (κ2) is 6.17. The summed E-state index contributed by atoms with van der Waals surface area (Å²) in [6.07, 6.45) is -0.764. The Labute approximate surface area is 121 Å². The molecule has 1 radical (unpaired) electrons. The lowest BCUT2D eigenvalue weighted by Crippen LogP contribution is -2.25. The number of rotatable bonds is 2. The number of ether oxygens (including phenoxy) is 1. The Kier molecular flexibility index (Phi) is 4.33. The van der Waals surface area contributed by atoms with Crippen LogP contribution >= 0.6 is 0 Å². The van der Waals surface area contributed by atoms with E-state index < -0.39 is 17.9 Å². The lowest BCUT2D eigenvalue weighted by molar-refractivity contribution is 0.0573. The quantitative estimate of drug-likeness (QED) is 0.629. The molecule has 0 aromatic heterocycles. The van der Waals surface area contributed by atoms with Crippen molar-refractivity contribution < 1.29 is 18.7 Å². The fourth-order valence-corrected chi connectivity index (χ4v) is 1.66. The first-order valence-corrected chi connectivity index (χ1v) is 6.19. The minimum Gasteiger partial charge on any atom is -0.372 e. The van der Waals surface area contributed by atoms with Gasteiger partial charge >= 0.3 is 12.1 Å². The van der Waals surface area contributed by atoms with Crippen molar-refractivity contribution >= 4 is 12.1 Å². The van der Waals surface area contributed by atoms with Gasteiger partial charge in [-0.05, 0) is 29.8 Å². The first kappa shape index (κ1) is 14.7. The minimum atomic E-state index is -0.791. The Morgan fingerprint density at radius 1 is 1.19 bits per heavy atom. The Morgan fingerprint density at radius 2 is 1.90 bits per heavy atom. The van der Waals surface area contributed by atoms with Gasteiger partial charge in [-0.2, -0.15) is 0 Å². The maximum absolute atomic E-state index is 13.7. The number of benzene rings is 2. The largest absolute Gasteiger partial charge is 0.417 e. The number of carbonyl (C=O) groups is 2. The number of carbonyl (C=O) groups excluding carboxylic acids is 2. The number of hydrogen-bond donors (Lipinski definition) is 0. The highest BCUT2D eigenvalue weighted by Crippen LogP contribution is 2.23. The normalized spacial score (nSPS) is 10.0. The van der Waals surface area contributed by atoms with Gasteiger partial charge in [-0.15, -0.1) is 0 Å². The summed E-state index contributed by atoms with van der Waals surface area (Å²) in [5.74, 6) is -1.20. The van der Waals surface area contributed by atoms with E-state index in [0.717, 1.165) is 4.90 Å². The summed E-state index contributed by atoms with van der Waals surface area (Å²) in [6, 6.07) is 13.4. The number of amides is 1. The van der Waals surface area contributed by atoms with Crippen LogP contribution in [0.25, 0.3) is 11.1 Å². The van der Waals surface area contributed by atoms with Crippen LogP contribution in [0.2, 0.25) is 0 Å². The van der Waals surface area contributed by atoms with Crippen LogP contribution < -0.4 is 0 Å². The van der Waals surface area contributed by atoms with Crippen molar-refractivity contribution in [3.63, 3.8) is 0 Å². The minimum absolute atomic E-state index is 0.155. The van der Waals surface area contributed by atoms with E-state index in [1.54, 1.807) is 18.2 Å². The van der Waals surface area contributed by atoms with Crippen molar-refractivity contribution in [2.75, 3.05) is 14.1 Å². The zero-order valence-electron chi connectivity index (χ0n) is 11.6. The van der Waals surface area contributed by atoms with Gasteiger partial charge < -0.3 is 9.64 Å². The van der Waals surface area contributed by atoms with E-state index >= 15 is 0 Å². The first-order valence-electron chi connectivity index (χ1n) is 6.19. The van der Waals surface area contributed by atoms with Gasteiger partial charge in [0.15, 0.2) is 0 Å². The van der Waals surface area contributed by atoms with E-state index in [1.807, 2.05) is 0 Å². The second-order valence-corrected chi connectivity index (χ2v) is 4.52. The second-order valence-electron chi connectivity index (χ2n) is 4.52. The molecule has 0 bridgehead atoms. The highest BCUT2D eigenvalue weighted by Gasteiger charge is 2.15.